The van der Waals surface area contributed by atoms with Crippen molar-refractivity contribution in [2.45, 2.75) is 19.3 Å². The Morgan fingerprint density at radius 2 is 1.50 bits per heavy atom. The number of hydrogen-bond acceptors (Lipinski definition) is 1. The van der Waals surface area contributed by atoms with Gasteiger partial charge in [0.1, 0.15) is 7.05 Å². The third-order valence-corrected chi connectivity index (χ3v) is 4.76. The summed E-state index contributed by atoms with van der Waals surface area (Å²) < 4.78 is 2.25. The lowest BCUT2D eigenvalue weighted by Crippen LogP contribution is -2.33. The summed E-state index contributed by atoms with van der Waals surface area (Å²) in [6, 6.07) is 21.4. The molecule has 0 spiro atoms. The van der Waals surface area contributed by atoms with Gasteiger partial charge < -0.3 is 0 Å². The molecule has 0 unspecified atom stereocenters. The Morgan fingerprint density at radius 1 is 0.792 bits per heavy atom. The van der Waals surface area contributed by atoms with Gasteiger partial charge in [-0.2, -0.15) is 0 Å². The van der Waals surface area contributed by atoms with Gasteiger partial charge in [-0.25, -0.2) is 4.57 Å². The SMILES string of the molecule is C[n+]1ccc2ccccc2c1CCCc1nccc2ccccc12. The third kappa shape index (κ3) is 2.76. The first-order chi connectivity index (χ1) is 11.8. The van der Waals surface area contributed by atoms with Gasteiger partial charge in [0.15, 0.2) is 11.9 Å². The lowest BCUT2D eigenvalue weighted by Gasteiger charge is -2.07. The summed E-state index contributed by atoms with van der Waals surface area (Å²) in [4.78, 5) is 4.62. The minimum atomic E-state index is 1.00. The van der Waals surface area contributed by atoms with Crippen LogP contribution in [0.2, 0.25) is 0 Å². The van der Waals surface area contributed by atoms with E-state index >= 15 is 0 Å². The van der Waals surface area contributed by atoms with Gasteiger partial charge in [0.25, 0.3) is 0 Å². The quantitative estimate of drug-likeness (QED) is 0.511. The molecule has 0 fully saturated rings. The minimum Gasteiger partial charge on any atom is -0.261 e. The zero-order valence-electron chi connectivity index (χ0n) is 13.9. The number of aromatic nitrogens is 2. The molecule has 2 heteroatoms. The van der Waals surface area contributed by atoms with Crippen LogP contribution in [0.3, 0.4) is 0 Å². The van der Waals surface area contributed by atoms with Gasteiger partial charge >= 0.3 is 0 Å². The fraction of sp³-hybridized carbons (Fsp3) is 0.182. The van der Waals surface area contributed by atoms with Crippen molar-refractivity contribution in [2.75, 3.05) is 0 Å². The average molecular weight is 313 g/mol. The fourth-order valence-corrected chi connectivity index (χ4v) is 3.49. The second kappa shape index (κ2) is 6.40. The lowest BCUT2D eigenvalue weighted by atomic mass is 10.0. The maximum absolute atomic E-state index is 4.62. The molecule has 24 heavy (non-hydrogen) atoms. The van der Waals surface area contributed by atoms with E-state index < -0.39 is 0 Å². The van der Waals surface area contributed by atoms with E-state index in [2.05, 4.69) is 83.5 Å². The van der Waals surface area contributed by atoms with Crippen LogP contribution in [0, 0.1) is 0 Å². The molecule has 0 aliphatic heterocycles. The lowest BCUT2D eigenvalue weighted by molar-refractivity contribution is -0.677. The van der Waals surface area contributed by atoms with E-state index in [0.717, 1.165) is 19.3 Å². The van der Waals surface area contributed by atoms with Gasteiger partial charge in [-0.1, -0.05) is 42.5 Å². The Balaban J connectivity index is 1.59. The summed E-state index contributed by atoms with van der Waals surface area (Å²) in [7, 11) is 2.14. The van der Waals surface area contributed by atoms with Crippen LogP contribution in [0.1, 0.15) is 17.8 Å². The standard InChI is InChI=1S/C22H21N2/c1-24-16-14-18-8-3-5-10-20(18)22(24)12-6-11-21-19-9-4-2-7-17(19)13-15-23-21/h2-5,7-10,13-16H,6,11-12H2,1H3/q+1. The van der Waals surface area contributed by atoms with Crippen molar-refractivity contribution in [3.05, 3.63) is 84.4 Å². The summed E-state index contributed by atoms with van der Waals surface area (Å²) in [5.74, 6) is 0. The van der Waals surface area contributed by atoms with E-state index in [4.69, 9.17) is 0 Å². The Labute approximate surface area is 142 Å². The molecule has 0 bridgehead atoms. The van der Waals surface area contributed by atoms with Crippen molar-refractivity contribution in [3.63, 3.8) is 0 Å². The maximum Gasteiger partial charge on any atom is 0.188 e. The van der Waals surface area contributed by atoms with Gasteiger partial charge in [-0.05, 0) is 35.7 Å². The van der Waals surface area contributed by atoms with Crippen LogP contribution in [-0.4, -0.2) is 4.98 Å². The summed E-state index contributed by atoms with van der Waals surface area (Å²) in [5.41, 5.74) is 2.60. The predicted octanol–water partition coefficient (Wildman–Crippen LogP) is 4.39. The second-order valence-electron chi connectivity index (χ2n) is 6.29. The highest BCUT2D eigenvalue weighted by atomic mass is 14.9. The Kier molecular flexibility index (Phi) is 3.96. The molecule has 0 atom stereocenters. The zero-order chi connectivity index (χ0) is 16.4. The number of pyridine rings is 2. The molecule has 4 aromatic rings. The van der Waals surface area contributed by atoms with Crippen LogP contribution in [0.15, 0.2) is 73.1 Å². The van der Waals surface area contributed by atoms with Crippen molar-refractivity contribution in [3.8, 4) is 0 Å². The molecule has 0 saturated heterocycles. The van der Waals surface area contributed by atoms with Crippen molar-refractivity contribution in [2.24, 2.45) is 7.05 Å². The first-order valence-electron chi connectivity index (χ1n) is 8.52. The fourth-order valence-electron chi connectivity index (χ4n) is 3.49. The molecule has 0 amide bonds. The molecule has 0 aliphatic rings. The van der Waals surface area contributed by atoms with E-state index in [1.807, 2.05) is 6.20 Å². The number of benzene rings is 2. The van der Waals surface area contributed by atoms with E-state index in [9.17, 15) is 0 Å². The summed E-state index contributed by atoms with van der Waals surface area (Å²) in [5, 5.41) is 5.22. The van der Waals surface area contributed by atoms with Crippen LogP contribution >= 0.6 is 0 Å². The zero-order valence-corrected chi connectivity index (χ0v) is 13.9. The Morgan fingerprint density at radius 3 is 2.33 bits per heavy atom. The summed E-state index contributed by atoms with van der Waals surface area (Å²) in [6.07, 6.45) is 7.25. The summed E-state index contributed by atoms with van der Waals surface area (Å²) >= 11 is 0. The van der Waals surface area contributed by atoms with E-state index in [1.54, 1.807) is 0 Å². The van der Waals surface area contributed by atoms with Gasteiger partial charge in [0.05, 0.1) is 0 Å². The molecule has 4 rings (SSSR count). The smallest absolute Gasteiger partial charge is 0.188 e. The number of fused-ring (bicyclic) bond motifs is 2. The molecule has 0 aliphatic carbocycles. The average Bonchev–Trinajstić information content (AvgIpc) is 2.64. The molecule has 2 aromatic heterocycles. The van der Waals surface area contributed by atoms with Gasteiger partial charge in [-0.3, -0.25) is 4.98 Å². The largest absolute Gasteiger partial charge is 0.261 e. The Hall–Kier alpha value is -2.74. The number of hydrogen-bond donors (Lipinski definition) is 0. The molecule has 118 valence electrons. The van der Waals surface area contributed by atoms with Gasteiger partial charge in [0, 0.05) is 35.2 Å². The molecule has 2 aromatic carbocycles. The van der Waals surface area contributed by atoms with Crippen molar-refractivity contribution < 1.29 is 4.57 Å². The molecular formula is C22H21N2+. The van der Waals surface area contributed by atoms with Crippen LogP contribution in [0.5, 0.6) is 0 Å². The summed E-state index contributed by atoms with van der Waals surface area (Å²) in [6.45, 7) is 0. The Bertz CT molecular complexity index is 1000. The van der Waals surface area contributed by atoms with Crippen molar-refractivity contribution >= 4 is 21.5 Å². The monoisotopic (exact) mass is 313 g/mol. The van der Waals surface area contributed by atoms with Crippen molar-refractivity contribution in [1.82, 2.24) is 4.98 Å². The van der Waals surface area contributed by atoms with E-state index in [0.29, 0.717) is 0 Å². The predicted molar refractivity (Wildman–Crippen MR) is 98.9 cm³/mol. The molecule has 2 heterocycles. The number of nitrogens with zero attached hydrogens (tertiary/aromatic N) is 2. The molecule has 2 nitrogen and oxygen atoms in total. The minimum absolute atomic E-state index is 1.00. The molecule has 0 saturated carbocycles. The number of aryl methyl sites for hydroxylation is 3. The van der Waals surface area contributed by atoms with Crippen LogP contribution in [0.4, 0.5) is 0 Å². The highest BCUT2D eigenvalue weighted by Gasteiger charge is 2.12. The topological polar surface area (TPSA) is 16.8 Å². The van der Waals surface area contributed by atoms with Gasteiger partial charge in [-0.15, -0.1) is 0 Å². The second-order valence-corrected chi connectivity index (χ2v) is 6.29. The van der Waals surface area contributed by atoms with Crippen molar-refractivity contribution in [1.29, 1.82) is 0 Å². The maximum atomic E-state index is 4.62. The molecular weight excluding hydrogens is 292 g/mol. The third-order valence-electron chi connectivity index (χ3n) is 4.76. The highest BCUT2D eigenvalue weighted by molar-refractivity contribution is 5.84. The highest BCUT2D eigenvalue weighted by Crippen LogP contribution is 2.20. The van der Waals surface area contributed by atoms with Crippen LogP contribution in [-0.2, 0) is 19.9 Å². The normalized spacial score (nSPS) is 11.2. The van der Waals surface area contributed by atoms with Crippen LogP contribution < -0.4 is 4.57 Å². The van der Waals surface area contributed by atoms with E-state index in [-0.39, 0.29) is 0 Å². The first-order valence-corrected chi connectivity index (χ1v) is 8.52. The van der Waals surface area contributed by atoms with Crippen LogP contribution in [0.25, 0.3) is 21.5 Å². The molecule has 0 N–H and O–H groups in total. The first kappa shape index (κ1) is 14.8. The van der Waals surface area contributed by atoms with E-state index in [1.165, 1.54) is 32.9 Å². The van der Waals surface area contributed by atoms with Gasteiger partial charge in [0.2, 0.25) is 0 Å². The molecule has 0 radical (unpaired) electrons. The number of rotatable bonds is 4.